The summed E-state index contributed by atoms with van der Waals surface area (Å²) in [7, 11) is 1.59. The van der Waals surface area contributed by atoms with Crippen LogP contribution in [0.25, 0.3) is 0 Å². The molecule has 0 unspecified atom stereocenters. The summed E-state index contributed by atoms with van der Waals surface area (Å²) >= 11 is 6.02. The van der Waals surface area contributed by atoms with Crippen LogP contribution in [0.2, 0.25) is 5.02 Å². The quantitative estimate of drug-likeness (QED) is 0.836. The molecule has 0 bridgehead atoms. The van der Waals surface area contributed by atoms with Crippen molar-refractivity contribution in [2.45, 2.75) is 13.1 Å². The normalized spacial score (nSPS) is 10.5. The lowest BCUT2D eigenvalue weighted by Gasteiger charge is -2.06. The van der Waals surface area contributed by atoms with Crippen LogP contribution in [0, 0.1) is 0 Å². The highest BCUT2D eigenvalue weighted by molar-refractivity contribution is 6.32. The lowest BCUT2D eigenvalue weighted by molar-refractivity contribution is 0.415. The molecule has 2 aromatic rings. The summed E-state index contributed by atoms with van der Waals surface area (Å²) in [5.74, 6) is 1.30. The third kappa shape index (κ3) is 3.15. The Morgan fingerprint density at radius 3 is 2.94 bits per heavy atom. The molecule has 7 heteroatoms. The molecule has 17 heavy (non-hydrogen) atoms. The maximum Gasteiger partial charge on any atom is 0.188 e. The molecule has 0 atom stereocenters. The van der Waals surface area contributed by atoms with Gasteiger partial charge in [-0.2, -0.15) is 5.21 Å². The lowest BCUT2D eigenvalue weighted by atomic mass is 10.2. The molecule has 0 radical (unpaired) electrons. The first kappa shape index (κ1) is 11.8. The van der Waals surface area contributed by atoms with Gasteiger partial charge in [0.1, 0.15) is 5.75 Å². The van der Waals surface area contributed by atoms with Gasteiger partial charge >= 0.3 is 0 Å². The predicted molar refractivity (Wildman–Crippen MR) is 62.7 cm³/mol. The predicted octanol–water partition coefficient (Wildman–Crippen LogP) is 1.15. The number of hydrogen-bond donors (Lipinski definition) is 2. The SMILES string of the molecule is COc1ccc(CNCc2nn[nH]n2)cc1Cl. The van der Waals surface area contributed by atoms with Crippen LogP contribution in [0.3, 0.4) is 0 Å². The number of aromatic nitrogens is 4. The first-order chi connectivity index (χ1) is 8.29. The van der Waals surface area contributed by atoms with Crippen LogP contribution in [-0.2, 0) is 13.1 Å². The molecular weight excluding hydrogens is 242 g/mol. The van der Waals surface area contributed by atoms with E-state index >= 15 is 0 Å². The zero-order valence-corrected chi connectivity index (χ0v) is 10.0. The average Bonchev–Trinajstić information content (AvgIpc) is 2.82. The number of benzene rings is 1. The van der Waals surface area contributed by atoms with Crippen LogP contribution in [0.5, 0.6) is 5.75 Å². The molecule has 0 saturated carbocycles. The maximum absolute atomic E-state index is 6.02. The van der Waals surface area contributed by atoms with E-state index in [1.165, 1.54) is 0 Å². The lowest BCUT2D eigenvalue weighted by Crippen LogP contribution is -2.13. The topological polar surface area (TPSA) is 75.7 Å². The highest BCUT2D eigenvalue weighted by Gasteiger charge is 2.02. The number of nitrogens with one attached hydrogen (secondary N) is 2. The van der Waals surface area contributed by atoms with Crippen LogP contribution < -0.4 is 10.1 Å². The Hall–Kier alpha value is -1.66. The molecule has 1 aromatic carbocycles. The van der Waals surface area contributed by atoms with Crippen LogP contribution in [0.1, 0.15) is 11.4 Å². The van der Waals surface area contributed by atoms with E-state index in [4.69, 9.17) is 16.3 Å². The Kier molecular flexibility index (Phi) is 3.89. The van der Waals surface area contributed by atoms with Gasteiger partial charge in [0.25, 0.3) is 0 Å². The summed E-state index contributed by atoms with van der Waals surface area (Å²) in [4.78, 5) is 0. The van der Waals surface area contributed by atoms with E-state index in [2.05, 4.69) is 25.9 Å². The first-order valence-corrected chi connectivity index (χ1v) is 5.43. The van der Waals surface area contributed by atoms with Gasteiger partial charge in [-0.05, 0) is 17.7 Å². The third-order valence-electron chi connectivity index (χ3n) is 2.22. The molecule has 90 valence electrons. The smallest absolute Gasteiger partial charge is 0.188 e. The van der Waals surface area contributed by atoms with Crippen molar-refractivity contribution in [2.24, 2.45) is 0 Å². The average molecular weight is 254 g/mol. The second kappa shape index (κ2) is 5.60. The molecule has 1 heterocycles. The monoisotopic (exact) mass is 253 g/mol. The van der Waals surface area contributed by atoms with Gasteiger partial charge in [-0.1, -0.05) is 22.9 Å². The first-order valence-electron chi connectivity index (χ1n) is 5.05. The van der Waals surface area contributed by atoms with E-state index in [-0.39, 0.29) is 0 Å². The summed E-state index contributed by atoms with van der Waals surface area (Å²) in [6.07, 6.45) is 0. The van der Waals surface area contributed by atoms with E-state index in [0.717, 1.165) is 5.56 Å². The number of aromatic amines is 1. The molecule has 0 aliphatic heterocycles. The van der Waals surface area contributed by atoms with Gasteiger partial charge in [0.2, 0.25) is 0 Å². The van der Waals surface area contributed by atoms with E-state index in [1.54, 1.807) is 7.11 Å². The van der Waals surface area contributed by atoms with E-state index < -0.39 is 0 Å². The number of hydrogen-bond acceptors (Lipinski definition) is 5. The highest BCUT2D eigenvalue weighted by Crippen LogP contribution is 2.24. The van der Waals surface area contributed by atoms with Crippen molar-refractivity contribution in [3.8, 4) is 5.75 Å². The summed E-state index contributed by atoms with van der Waals surface area (Å²) < 4.78 is 5.08. The van der Waals surface area contributed by atoms with E-state index in [9.17, 15) is 0 Å². The fourth-order valence-electron chi connectivity index (χ4n) is 1.40. The summed E-state index contributed by atoms with van der Waals surface area (Å²) in [6, 6.07) is 5.66. The van der Waals surface area contributed by atoms with Gasteiger partial charge in [0, 0.05) is 6.54 Å². The largest absolute Gasteiger partial charge is 0.495 e. The van der Waals surface area contributed by atoms with E-state index in [1.807, 2.05) is 18.2 Å². The van der Waals surface area contributed by atoms with Crippen LogP contribution in [-0.4, -0.2) is 27.7 Å². The Morgan fingerprint density at radius 2 is 2.29 bits per heavy atom. The van der Waals surface area contributed by atoms with Gasteiger partial charge in [-0.15, -0.1) is 10.2 Å². The zero-order chi connectivity index (χ0) is 12.1. The van der Waals surface area contributed by atoms with Crippen LogP contribution in [0.15, 0.2) is 18.2 Å². The van der Waals surface area contributed by atoms with Gasteiger partial charge in [-0.25, -0.2) is 0 Å². The Labute approximate surface area is 103 Å². The number of tetrazole rings is 1. The Morgan fingerprint density at radius 1 is 1.41 bits per heavy atom. The second-order valence-electron chi connectivity index (χ2n) is 3.40. The van der Waals surface area contributed by atoms with Crippen molar-refractivity contribution < 1.29 is 4.74 Å². The van der Waals surface area contributed by atoms with Crippen molar-refractivity contribution in [3.05, 3.63) is 34.6 Å². The molecule has 6 nitrogen and oxygen atoms in total. The van der Waals surface area contributed by atoms with E-state index in [0.29, 0.717) is 29.7 Å². The van der Waals surface area contributed by atoms with Crippen molar-refractivity contribution in [2.75, 3.05) is 7.11 Å². The number of ether oxygens (including phenoxy) is 1. The summed E-state index contributed by atoms with van der Waals surface area (Å²) in [5, 5.41) is 17.3. The minimum absolute atomic E-state index is 0.556. The molecular formula is C10H12ClN5O. The second-order valence-corrected chi connectivity index (χ2v) is 3.81. The fourth-order valence-corrected chi connectivity index (χ4v) is 1.68. The van der Waals surface area contributed by atoms with Gasteiger partial charge in [0.05, 0.1) is 18.7 Å². The Bertz CT molecular complexity index is 474. The molecule has 0 aliphatic carbocycles. The maximum atomic E-state index is 6.02. The number of H-pyrrole nitrogens is 1. The van der Waals surface area contributed by atoms with Gasteiger partial charge in [0.15, 0.2) is 5.82 Å². The fraction of sp³-hybridized carbons (Fsp3) is 0.300. The molecule has 0 amide bonds. The van der Waals surface area contributed by atoms with Crippen LogP contribution >= 0.6 is 11.6 Å². The molecule has 0 saturated heterocycles. The molecule has 0 fully saturated rings. The Balaban J connectivity index is 1.89. The molecule has 0 spiro atoms. The number of nitrogens with zero attached hydrogens (tertiary/aromatic N) is 3. The van der Waals surface area contributed by atoms with Gasteiger partial charge in [-0.3, -0.25) is 0 Å². The molecule has 0 aliphatic rings. The number of rotatable bonds is 5. The molecule has 1 aromatic heterocycles. The summed E-state index contributed by atoms with van der Waals surface area (Å²) in [5.41, 5.74) is 1.07. The van der Waals surface area contributed by atoms with Crippen LogP contribution in [0.4, 0.5) is 0 Å². The third-order valence-corrected chi connectivity index (χ3v) is 2.51. The van der Waals surface area contributed by atoms with Crippen molar-refractivity contribution in [1.82, 2.24) is 25.9 Å². The summed E-state index contributed by atoms with van der Waals surface area (Å²) in [6.45, 7) is 1.23. The minimum Gasteiger partial charge on any atom is -0.495 e. The minimum atomic E-state index is 0.556. The molecule has 2 N–H and O–H groups in total. The van der Waals surface area contributed by atoms with Crippen molar-refractivity contribution in [1.29, 1.82) is 0 Å². The van der Waals surface area contributed by atoms with Gasteiger partial charge < -0.3 is 10.1 Å². The highest BCUT2D eigenvalue weighted by atomic mass is 35.5. The number of halogens is 1. The van der Waals surface area contributed by atoms with Crippen molar-refractivity contribution in [3.63, 3.8) is 0 Å². The standard InChI is InChI=1S/C10H12ClN5O/c1-17-9-3-2-7(4-8(9)11)5-12-6-10-13-15-16-14-10/h2-4,12H,5-6H2,1H3,(H,13,14,15,16). The van der Waals surface area contributed by atoms with Crippen molar-refractivity contribution >= 4 is 11.6 Å². The number of methoxy groups -OCH3 is 1. The zero-order valence-electron chi connectivity index (χ0n) is 9.27. The molecule has 2 rings (SSSR count).